The van der Waals surface area contributed by atoms with Crippen LogP contribution in [0.25, 0.3) is 5.69 Å². The van der Waals surface area contributed by atoms with Crippen LogP contribution in [0, 0.1) is 18.8 Å². The van der Waals surface area contributed by atoms with Gasteiger partial charge in [-0.1, -0.05) is 6.42 Å². The first-order valence-corrected chi connectivity index (χ1v) is 8.70. The summed E-state index contributed by atoms with van der Waals surface area (Å²) in [7, 11) is 0. The highest BCUT2D eigenvalue weighted by Gasteiger charge is 2.49. The van der Waals surface area contributed by atoms with Crippen LogP contribution in [-0.4, -0.2) is 44.3 Å². The van der Waals surface area contributed by atoms with Gasteiger partial charge >= 0.3 is 5.97 Å². The van der Waals surface area contributed by atoms with Crippen molar-refractivity contribution in [3.8, 4) is 5.69 Å². The Balaban J connectivity index is 1.62. The lowest BCUT2D eigenvalue weighted by atomic mass is 9.94. The lowest BCUT2D eigenvalue weighted by Crippen LogP contribution is -2.43. The fourth-order valence-electron chi connectivity index (χ4n) is 4.45. The van der Waals surface area contributed by atoms with Crippen LogP contribution in [0.4, 0.5) is 0 Å². The average Bonchev–Trinajstić information content (AvgIpc) is 3.30. The summed E-state index contributed by atoms with van der Waals surface area (Å²) in [5, 5.41) is 13.9. The van der Waals surface area contributed by atoms with Gasteiger partial charge in [-0.2, -0.15) is 5.10 Å². The predicted octanol–water partition coefficient (Wildman–Crippen LogP) is 2.51. The maximum Gasteiger partial charge on any atom is 0.326 e. The minimum Gasteiger partial charge on any atom is -0.480 e. The number of nitrogens with zero attached hydrogens (tertiary/aromatic N) is 3. The fraction of sp³-hybridized carbons (Fsp3) is 0.421. The molecule has 130 valence electrons. The predicted molar refractivity (Wildman–Crippen MR) is 91.6 cm³/mol. The number of benzene rings is 1. The molecule has 0 spiro atoms. The lowest BCUT2D eigenvalue weighted by Gasteiger charge is -2.24. The third kappa shape index (κ3) is 2.62. The van der Waals surface area contributed by atoms with E-state index in [2.05, 4.69) is 5.10 Å². The molecular formula is C19H21N3O3. The number of hydrogen-bond donors (Lipinski definition) is 1. The molecule has 1 saturated carbocycles. The van der Waals surface area contributed by atoms with Crippen LogP contribution < -0.4 is 0 Å². The number of aromatic nitrogens is 2. The molecule has 3 atom stereocenters. The third-order valence-electron chi connectivity index (χ3n) is 5.60. The van der Waals surface area contributed by atoms with E-state index >= 15 is 0 Å². The first kappa shape index (κ1) is 15.9. The minimum atomic E-state index is -0.882. The van der Waals surface area contributed by atoms with Crippen LogP contribution in [-0.2, 0) is 4.79 Å². The van der Waals surface area contributed by atoms with Crippen molar-refractivity contribution in [1.82, 2.24) is 14.7 Å². The zero-order valence-corrected chi connectivity index (χ0v) is 14.1. The number of amides is 1. The van der Waals surface area contributed by atoms with E-state index < -0.39 is 12.0 Å². The van der Waals surface area contributed by atoms with Crippen molar-refractivity contribution >= 4 is 11.9 Å². The molecule has 1 aromatic carbocycles. The van der Waals surface area contributed by atoms with Gasteiger partial charge in [0.25, 0.3) is 5.91 Å². The first-order chi connectivity index (χ1) is 12.1. The van der Waals surface area contributed by atoms with E-state index in [1.807, 2.05) is 31.3 Å². The van der Waals surface area contributed by atoms with Gasteiger partial charge in [0.05, 0.1) is 5.69 Å². The average molecular weight is 339 g/mol. The van der Waals surface area contributed by atoms with Crippen molar-refractivity contribution < 1.29 is 14.7 Å². The molecule has 6 heteroatoms. The first-order valence-electron chi connectivity index (χ1n) is 8.70. The van der Waals surface area contributed by atoms with E-state index in [0.717, 1.165) is 30.5 Å². The van der Waals surface area contributed by atoms with E-state index in [4.69, 9.17) is 0 Å². The maximum atomic E-state index is 13.0. The van der Waals surface area contributed by atoms with Crippen LogP contribution in [0.2, 0.25) is 0 Å². The molecule has 0 radical (unpaired) electrons. The molecule has 1 aliphatic carbocycles. The second-order valence-corrected chi connectivity index (χ2v) is 7.05. The fourth-order valence-corrected chi connectivity index (χ4v) is 4.45. The smallest absolute Gasteiger partial charge is 0.326 e. The summed E-state index contributed by atoms with van der Waals surface area (Å²) in [6, 6.07) is 6.61. The summed E-state index contributed by atoms with van der Waals surface area (Å²) in [5.74, 6) is -0.634. The monoisotopic (exact) mass is 339 g/mol. The van der Waals surface area contributed by atoms with Crippen LogP contribution in [0.5, 0.6) is 0 Å². The zero-order chi connectivity index (χ0) is 17.6. The van der Waals surface area contributed by atoms with E-state index in [0.29, 0.717) is 18.0 Å². The summed E-state index contributed by atoms with van der Waals surface area (Å²) in [4.78, 5) is 26.3. The van der Waals surface area contributed by atoms with Gasteiger partial charge in [-0.15, -0.1) is 0 Å². The van der Waals surface area contributed by atoms with Gasteiger partial charge in [-0.3, -0.25) is 4.79 Å². The number of carboxylic acids is 1. The van der Waals surface area contributed by atoms with Gasteiger partial charge in [-0.05, 0) is 61.4 Å². The van der Waals surface area contributed by atoms with Crippen LogP contribution >= 0.6 is 0 Å². The topological polar surface area (TPSA) is 75.4 Å². The molecule has 1 aliphatic heterocycles. The zero-order valence-electron chi connectivity index (χ0n) is 14.1. The molecule has 2 aliphatic rings. The molecule has 1 aromatic heterocycles. The second-order valence-electron chi connectivity index (χ2n) is 7.05. The highest BCUT2D eigenvalue weighted by Crippen LogP contribution is 2.42. The van der Waals surface area contributed by atoms with E-state index in [1.165, 1.54) is 0 Å². The Morgan fingerprint density at radius 3 is 2.80 bits per heavy atom. The van der Waals surface area contributed by atoms with Gasteiger partial charge in [0.2, 0.25) is 0 Å². The summed E-state index contributed by atoms with van der Waals surface area (Å²) >= 11 is 0. The summed E-state index contributed by atoms with van der Waals surface area (Å²) in [6.45, 7) is 2.49. The Bertz CT molecular complexity index is 815. The van der Waals surface area contributed by atoms with Crippen LogP contribution in [0.15, 0.2) is 36.7 Å². The number of aliphatic carboxylic acids is 1. The molecule has 25 heavy (non-hydrogen) atoms. The number of carbonyl (C=O) groups excluding carboxylic acids is 1. The Morgan fingerprint density at radius 2 is 2.12 bits per heavy atom. The molecule has 6 nitrogen and oxygen atoms in total. The molecule has 2 fully saturated rings. The number of carboxylic acid groups (broad SMARTS) is 1. The number of rotatable bonds is 3. The number of fused-ring (bicyclic) bond motifs is 1. The molecule has 4 rings (SSSR count). The normalized spacial score (nSPS) is 25.2. The van der Waals surface area contributed by atoms with Gasteiger partial charge in [0, 0.05) is 24.5 Å². The molecule has 2 aromatic rings. The van der Waals surface area contributed by atoms with Crippen molar-refractivity contribution in [2.24, 2.45) is 11.8 Å². The Kier molecular flexibility index (Phi) is 3.82. The largest absolute Gasteiger partial charge is 0.480 e. The highest BCUT2D eigenvalue weighted by molar-refractivity contribution is 5.97. The van der Waals surface area contributed by atoms with Crippen molar-refractivity contribution in [2.45, 2.75) is 32.2 Å². The van der Waals surface area contributed by atoms with Crippen LogP contribution in [0.1, 0.15) is 35.2 Å². The standard InChI is InChI=1S/C19H21N3O3/c1-12-10-13(6-7-16(12)22-9-3-8-20-22)18(23)21-11-14-4-2-5-15(14)17(21)19(24)25/h3,6-10,14-15,17H,2,4-5,11H2,1H3,(H,24,25). The lowest BCUT2D eigenvalue weighted by molar-refractivity contribution is -0.142. The second kappa shape index (κ2) is 6.02. The molecule has 1 amide bonds. The van der Waals surface area contributed by atoms with Crippen molar-refractivity contribution in [3.05, 3.63) is 47.8 Å². The van der Waals surface area contributed by atoms with Crippen molar-refractivity contribution in [1.29, 1.82) is 0 Å². The van der Waals surface area contributed by atoms with Crippen molar-refractivity contribution in [2.75, 3.05) is 6.54 Å². The SMILES string of the molecule is Cc1cc(C(=O)N2CC3CCCC3C2C(=O)O)ccc1-n1cccn1. The Morgan fingerprint density at radius 1 is 1.28 bits per heavy atom. The number of hydrogen-bond acceptors (Lipinski definition) is 3. The highest BCUT2D eigenvalue weighted by atomic mass is 16.4. The summed E-state index contributed by atoms with van der Waals surface area (Å²) < 4.78 is 1.75. The molecule has 1 N–H and O–H groups in total. The van der Waals surface area contributed by atoms with E-state index in [1.54, 1.807) is 21.8 Å². The van der Waals surface area contributed by atoms with Gasteiger partial charge < -0.3 is 10.0 Å². The summed E-state index contributed by atoms with van der Waals surface area (Å²) in [6.07, 6.45) is 6.56. The molecule has 2 heterocycles. The van der Waals surface area contributed by atoms with Gasteiger partial charge in [0.15, 0.2) is 0 Å². The quantitative estimate of drug-likeness (QED) is 0.932. The Labute approximate surface area is 146 Å². The molecule has 0 bridgehead atoms. The number of carbonyl (C=O) groups is 2. The van der Waals surface area contributed by atoms with Gasteiger partial charge in [-0.25, -0.2) is 9.48 Å². The number of aryl methyl sites for hydroxylation is 1. The minimum absolute atomic E-state index is 0.103. The van der Waals surface area contributed by atoms with E-state index in [-0.39, 0.29) is 11.8 Å². The molecule has 3 unspecified atom stereocenters. The maximum absolute atomic E-state index is 13.0. The van der Waals surface area contributed by atoms with Gasteiger partial charge in [0.1, 0.15) is 6.04 Å². The molecule has 1 saturated heterocycles. The molecular weight excluding hydrogens is 318 g/mol. The third-order valence-corrected chi connectivity index (χ3v) is 5.60. The van der Waals surface area contributed by atoms with Crippen LogP contribution in [0.3, 0.4) is 0 Å². The van der Waals surface area contributed by atoms with E-state index in [9.17, 15) is 14.7 Å². The Hall–Kier alpha value is -2.63. The summed E-state index contributed by atoms with van der Waals surface area (Å²) in [5.41, 5.74) is 2.38. The number of likely N-dealkylation sites (tertiary alicyclic amines) is 1. The van der Waals surface area contributed by atoms with Crippen molar-refractivity contribution in [3.63, 3.8) is 0 Å².